The van der Waals surface area contributed by atoms with Gasteiger partial charge in [0.15, 0.2) is 0 Å². The van der Waals surface area contributed by atoms with Crippen molar-refractivity contribution in [1.82, 2.24) is 14.8 Å². The van der Waals surface area contributed by atoms with E-state index in [9.17, 15) is 17.6 Å². The first-order valence-electron chi connectivity index (χ1n) is 8.24. The molecule has 2 heterocycles. The van der Waals surface area contributed by atoms with Gasteiger partial charge >= 0.3 is 6.03 Å². The Bertz CT molecular complexity index is 939. The molecule has 2 amide bonds. The number of carbonyl (C=O) groups is 1. The first kappa shape index (κ1) is 19.7. The van der Waals surface area contributed by atoms with Crippen molar-refractivity contribution in [3.63, 3.8) is 0 Å². The summed E-state index contributed by atoms with van der Waals surface area (Å²) in [4.78, 5) is 20.0. The zero-order chi connectivity index (χ0) is 19.6. The van der Waals surface area contributed by atoms with Crippen LogP contribution in [0, 0.1) is 12.7 Å². The number of nitrogens with two attached hydrogens (primary N) is 1. The molecule has 0 unspecified atom stereocenters. The number of urea groups is 1. The van der Waals surface area contributed by atoms with Crippen LogP contribution in [0.3, 0.4) is 0 Å². The van der Waals surface area contributed by atoms with Crippen molar-refractivity contribution < 1.29 is 17.6 Å². The average Bonchev–Trinajstić information content (AvgIpc) is 2.99. The van der Waals surface area contributed by atoms with E-state index in [1.165, 1.54) is 6.07 Å². The molecule has 8 nitrogen and oxygen atoms in total. The van der Waals surface area contributed by atoms with E-state index in [1.807, 2.05) is 12.3 Å². The minimum atomic E-state index is -4.14. The lowest BCUT2D eigenvalue weighted by atomic mass is 10.3. The van der Waals surface area contributed by atoms with Gasteiger partial charge in [-0.2, -0.15) is 0 Å². The van der Waals surface area contributed by atoms with Crippen molar-refractivity contribution in [3.05, 3.63) is 40.1 Å². The van der Waals surface area contributed by atoms with Crippen LogP contribution < -0.4 is 10.5 Å². The summed E-state index contributed by atoms with van der Waals surface area (Å²) in [5.41, 5.74) is 1.20. The summed E-state index contributed by atoms with van der Waals surface area (Å²) in [6, 6.07) is 2.93. The molecule has 0 radical (unpaired) electrons. The van der Waals surface area contributed by atoms with Crippen molar-refractivity contribution in [3.8, 4) is 0 Å². The maximum Gasteiger partial charge on any atom is 0.321 e. The molecule has 1 aromatic heterocycles. The molecule has 0 bridgehead atoms. The van der Waals surface area contributed by atoms with E-state index in [4.69, 9.17) is 5.14 Å². The normalized spacial score (nSPS) is 15.7. The number of anilines is 1. The Morgan fingerprint density at radius 3 is 2.59 bits per heavy atom. The van der Waals surface area contributed by atoms with Gasteiger partial charge in [0, 0.05) is 43.8 Å². The van der Waals surface area contributed by atoms with Crippen LogP contribution in [0.1, 0.15) is 10.7 Å². The van der Waals surface area contributed by atoms with E-state index >= 15 is 0 Å². The predicted octanol–water partition coefficient (Wildman–Crippen LogP) is 1.59. The van der Waals surface area contributed by atoms with Crippen LogP contribution in [0.2, 0.25) is 0 Å². The van der Waals surface area contributed by atoms with Crippen LogP contribution in [0.15, 0.2) is 28.5 Å². The highest BCUT2D eigenvalue weighted by atomic mass is 32.2. The highest BCUT2D eigenvalue weighted by Gasteiger charge is 2.22. The van der Waals surface area contributed by atoms with Crippen molar-refractivity contribution in [1.29, 1.82) is 0 Å². The summed E-state index contributed by atoms with van der Waals surface area (Å²) in [7, 11) is -4.14. The SMILES string of the molecule is Cc1nc(CN2CCN(C(=O)Nc3ccc(S(N)(=O)=O)c(F)c3)CC2)cs1. The number of carbonyl (C=O) groups excluding carboxylic acids is 1. The first-order valence-corrected chi connectivity index (χ1v) is 10.7. The molecule has 0 saturated carbocycles. The number of primary sulfonamides is 1. The van der Waals surface area contributed by atoms with Gasteiger partial charge < -0.3 is 10.2 Å². The third-order valence-electron chi connectivity index (χ3n) is 4.20. The lowest BCUT2D eigenvalue weighted by Gasteiger charge is -2.34. The molecule has 1 aromatic carbocycles. The standard InChI is InChI=1S/C16H20FN5O3S2/c1-11-19-13(10-26-11)9-21-4-6-22(7-5-21)16(23)20-12-2-3-15(14(17)8-12)27(18,24)25/h2-3,8,10H,4-7,9H2,1H3,(H,20,23)(H2,18,24,25). The van der Waals surface area contributed by atoms with Gasteiger partial charge in [-0.25, -0.2) is 27.7 Å². The molecule has 1 saturated heterocycles. The quantitative estimate of drug-likeness (QED) is 0.791. The summed E-state index contributed by atoms with van der Waals surface area (Å²) in [5.74, 6) is -1.00. The Hall–Kier alpha value is -2.08. The smallest absolute Gasteiger partial charge is 0.321 e. The summed E-state index contributed by atoms with van der Waals surface area (Å²) >= 11 is 1.61. The number of piperazine rings is 1. The molecule has 0 atom stereocenters. The number of hydrogen-bond donors (Lipinski definition) is 2. The van der Waals surface area contributed by atoms with Crippen molar-refractivity contribution in [2.24, 2.45) is 5.14 Å². The number of nitrogens with zero attached hydrogens (tertiary/aromatic N) is 3. The summed E-state index contributed by atoms with van der Waals surface area (Å²) in [6.07, 6.45) is 0. The molecule has 0 spiro atoms. The van der Waals surface area contributed by atoms with E-state index in [0.717, 1.165) is 29.4 Å². The number of rotatable bonds is 4. The Kier molecular flexibility index (Phi) is 5.75. The highest BCUT2D eigenvalue weighted by Crippen LogP contribution is 2.19. The molecule has 146 valence electrons. The van der Waals surface area contributed by atoms with E-state index in [2.05, 4.69) is 15.2 Å². The Morgan fingerprint density at radius 1 is 1.33 bits per heavy atom. The fourth-order valence-electron chi connectivity index (χ4n) is 2.83. The molecule has 1 aliphatic heterocycles. The van der Waals surface area contributed by atoms with Crippen LogP contribution in [-0.2, 0) is 16.6 Å². The van der Waals surface area contributed by atoms with Gasteiger partial charge in [-0.05, 0) is 25.1 Å². The van der Waals surface area contributed by atoms with Gasteiger partial charge in [0.05, 0.1) is 10.7 Å². The fourth-order valence-corrected chi connectivity index (χ4v) is 4.02. The summed E-state index contributed by atoms with van der Waals surface area (Å²) in [6.45, 7) is 5.21. The zero-order valence-corrected chi connectivity index (χ0v) is 16.3. The number of aromatic nitrogens is 1. The number of hydrogen-bond acceptors (Lipinski definition) is 6. The van der Waals surface area contributed by atoms with E-state index < -0.39 is 20.7 Å². The minimum Gasteiger partial charge on any atom is -0.322 e. The number of sulfonamides is 1. The second kappa shape index (κ2) is 7.89. The number of halogens is 1. The summed E-state index contributed by atoms with van der Waals surface area (Å²) < 4.78 is 36.3. The molecule has 1 fully saturated rings. The van der Waals surface area contributed by atoms with Gasteiger partial charge in [-0.1, -0.05) is 0 Å². The predicted molar refractivity (Wildman–Crippen MR) is 100 cm³/mol. The molecule has 27 heavy (non-hydrogen) atoms. The highest BCUT2D eigenvalue weighted by molar-refractivity contribution is 7.89. The van der Waals surface area contributed by atoms with Crippen LogP contribution in [0.4, 0.5) is 14.9 Å². The van der Waals surface area contributed by atoms with Crippen molar-refractivity contribution in [2.75, 3.05) is 31.5 Å². The number of aryl methyl sites for hydroxylation is 1. The third-order valence-corrected chi connectivity index (χ3v) is 5.97. The molecular formula is C16H20FN5O3S2. The zero-order valence-electron chi connectivity index (χ0n) is 14.7. The lowest BCUT2D eigenvalue weighted by Crippen LogP contribution is -2.49. The van der Waals surface area contributed by atoms with Crippen LogP contribution >= 0.6 is 11.3 Å². The molecule has 2 aromatic rings. The topological polar surface area (TPSA) is 109 Å². The van der Waals surface area contributed by atoms with Crippen molar-refractivity contribution >= 4 is 33.1 Å². The van der Waals surface area contributed by atoms with Crippen LogP contribution in [0.5, 0.6) is 0 Å². The van der Waals surface area contributed by atoms with Crippen LogP contribution in [0.25, 0.3) is 0 Å². The third kappa shape index (κ3) is 5.01. The molecular weight excluding hydrogens is 393 g/mol. The fraction of sp³-hybridized carbons (Fsp3) is 0.375. The number of benzene rings is 1. The van der Waals surface area contributed by atoms with Gasteiger partial charge in [0.25, 0.3) is 0 Å². The number of amides is 2. The van der Waals surface area contributed by atoms with Crippen LogP contribution in [-0.4, -0.2) is 55.4 Å². The van der Waals surface area contributed by atoms with Crippen molar-refractivity contribution in [2.45, 2.75) is 18.4 Å². The van der Waals surface area contributed by atoms with E-state index in [-0.39, 0.29) is 11.7 Å². The minimum absolute atomic E-state index is 0.172. The second-order valence-corrected chi connectivity index (χ2v) is 8.83. The molecule has 3 rings (SSSR count). The second-order valence-electron chi connectivity index (χ2n) is 6.24. The maximum atomic E-state index is 13.9. The largest absolute Gasteiger partial charge is 0.322 e. The Morgan fingerprint density at radius 2 is 2.04 bits per heavy atom. The molecule has 1 aliphatic rings. The van der Waals surface area contributed by atoms with Gasteiger partial charge in [0.2, 0.25) is 10.0 Å². The first-order chi connectivity index (χ1) is 12.7. The maximum absolute atomic E-state index is 13.9. The number of thiazole rings is 1. The lowest BCUT2D eigenvalue weighted by molar-refractivity contribution is 0.142. The Labute approximate surface area is 160 Å². The van der Waals surface area contributed by atoms with E-state index in [0.29, 0.717) is 26.2 Å². The molecule has 3 N–H and O–H groups in total. The monoisotopic (exact) mass is 413 g/mol. The average molecular weight is 414 g/mol. The van der Waals surface area contributed by atoms with Gasteiger partial charge in [-0.15, -0.1) is 11.3 Å². The number of nitrogens with one attached hydrogen (secondary N) is 1. The molecule has 0 aliphatic carbocycles. The summed E-state index contributed by atoms with van der Waals surface area (Å²) in [5, 5.41) is 10.6. The van der Waals surface area contributed by atoms with Gasteiger partial charge in [0.1, 0.15) is 10.7 Å². The van der Waals surface area contributed by atoms with Gasteiger partial charge in [-0.3, -0.25) is 4.90 Å². The Balaban J connectivity index is 1.54. The van der Waals surface area contributed by atoms with E-state index in [1.54, 1.807) is 16.2 Å². The molecule has 11 heteroatoms.